The molecule has 1 heterocycles. The molecule has 0 saturated carbocycles. The monoisotopic (exact) mass is 437 g/mol. The van der Waals surface area contributed by atoms with Crippen LogP contribution in [0.1, 0.15) is 12.5 Å². The number of amides is 1. The molecule has 0 aliphatic carbocycles. The van der Waals surface area contributed by atoms with Gasteiger partial charge in [0.2, 0.25) is 0 Å². The molecule has 0 fully saturated rings. The van der Waals surface area contributed by atoms with E-state index in [0.29, 0.717) is 27.0 Å². The van der Waals surface area contributed by atoms with Crippen molar-refractivity contribution >= 4 is 57.6 Å². The number of anilines is 1. The van der Waals surface area contributed by atoms with Gasteiger partial charge in [-0.05, 0) is 42.1 Å². The number of hydrogen-bond acceptors (Lipinski definition) is 3. The smallest absolute Gasteiger partial charge is 0.340 e. The molecular formula is C24H17Cl2NO3. The number of hydrogen-bond donors (Lipinski definition) is 0. The highest BCUT2D eigenvalue weighted by atomic mass is 35.5. The number of rotatable bonds is 3. The molecule has 0 unspecified atom stereocenters. The van der Waals surface area contributed by atoms with Crippen LogP contribution in [-0.2, 0) is 14.3 Å². The molecule has 0 bridgehead atoms. The SMILES string of the molecule is COC(=O)C1=C(C)N(c2cccc3ccccc23)C(=O)C1=Cc1ccc(Cl)cc1Cl. The minimum Gasteiger partial charge on any atom is -0.465 e. The maximum Gasteiger partial charge on any atom is 0.340 e. The average molecular weight is 438 g/mol. The van der Waals surface area contributed by atoms with E-state index in [0.717, 1.165) is 10.8 Å². The maximum absolute atomic E-state index is 13.5. The zero-order valence-electron chi connectivity index (χ0n) is 16.3. The van der Waals surface area contributed by atoms with Crippen molar-refractivity contribution < 1.29 is 14.3 Å². The third kappa shape index (κ3) is 3.38. The molecule has 30 heavy (non-hydrogen) atoms. The number of esters is 1. The van der Waals surface area contributed by atoms with Gasteiger partial charge < -0.3 is 4.74 Å². The molecular weight excluding hydrogens is 421 g/mol. The van der Waals surface area contributed by atoms with Gasteiger partial charge in [0.15, 0.2) is 0 Å². The number of allylic oxidation sites excluding steroid dienone is 1. The summed E-state index contributed by atoms with van der Waals surface area (Å²) in [5.74, 6) is -0.907. The van der Waals surface area contributed by atoms with Gasteiger partial charge in [-0.3, -0.25) is 9.69 Å². The van der Waals surface area contributed by atoms with E-state index in [2.05, 4.69) is 0 Å². The Hall–Kier alpha value is -3.08. The number of carbonyl (C=O) groups is 2. The number of carbonyl (C=O) groups excluding carboxylic acids is 2. The van der Waals surface area contributed by atoms with Crippen molar-refractivity contribution in [1.82, 2.24) is 0 Å². The highest BCUT2D eigenvalue weighted by Crippen LogP contribution is 2.39. The number of halogens is 2. The van der Waals surface area contributed by atoms with E-state index < -0.39 is 5.97 Å². The van der Waals surface area contributed by atoms with E-state index in [1.54, 1.807) is 36.1 Å². The molecule has 0 saturated heterocycles. The molecule has 0 aromatic heterocycles. The third-order valence-electron chi connectivity index (χ3n) is 5.06. The topological polar surface area (TPSA) is 46.6 Å². The summed E-state index contributed by atoms with van der Waals surface area (Å²) in [6.45, 7) is 1.73. The summed E-state index contributed by atoms with van der Waals surface area (Å²) in [5.41, 5.74) is 2.21. The van der Waals surface area contributed by atoms with Crippen LogP contribution in [-0.4, -0.2) is 19.0 Å². The standard InChI is InChI=1S/C24H17Cl2NO3/c1-14-22(24(29)30-2)19(12-16-10-11-17(25)13-20(16)26)23(28)27(14)21-9-5-7-15-6-3-4-8-18(15)21/h3-13H,1-2H3. The summed E-state index contributed by atoms with van der Waals surface area (Å²) in [6.07, 6.45) is 1.60. The van der Waals surface area contributed by atoms with Gasteiger partial charge in [0.05, 0.1) is 23.9 Å². The maximum atomic E-state index is 13.5. The Balaban J connectivity index is 1.92. The van der Waals surface area contributed by atoms with Gasteiger partial charge in [-0.15, -0.1) is 0 Å². The van der Waals surface area contributed by atoms with E-state index in [1.165, 1.54) is 7.11 Å². The van der Waals surface area contributed by atoms with Crippen molar-refractivity contribution in [3.63, 3.8) is 0 Å². The Labute approximate surface area is 184 Å². The Bertz CT molecular complexity index is 1260. The number of benzene rings is 3. The minimum absolute atomic E-state index is 0.210. The van der Waals surface area contributed by atoms with E-state index in [-0.39, 0.29) is 17.1 Å². The molecule has 1 aliphatic rings. The van der Waals surface area contributed by atoms with Crippen molar-refractivity contribution in [1.29, 1.82) is 0 Å². The zero-order chi connectivity index (χ0) is 21.4. The van der Waals surface area contributed by atoms with Gasteiger partial charge >= 0.3 is 5.97 Å². The summed E-state index contributed by atoms with van der Waals surface area (Å²) >= 11 is 12.3. The van der Waals surface area contributed by atoms with Gasteiger partial charge in [-0.2, -0.15) is 0 Å². The molecule has 150 valence electrons. The number of nitrogens with zero attached hydrogens (tertiary/aromatic N) is 1. The molecule has 4 rings (SSSR count). The van der Waals surface area contributed by atoms with Crippen LogP contribution in [0, 0.1) is 0 Å². The van der Waals surface area contributed by atoms with Gasteiger partial charge in [-0.1, -0.05) is 65.7 Å². The van der Waals surface area contributed by atoms with Crippen molar-refractivity contribution in [2.24, 2.45) is 0 Å². The van der Waals surface area contributed by atoms with E-state index in [9.17, 15) is 9.59 Å². The second-order valence-electron chi connectivity index (χ2n) is 6.81. The molecule has 3 aromatic rings. The van der Waals surface area contributed by atoms with Crippen LogP contribution >= 0.6 is 23.2 Å². The first-order valence-corrected chi connectivity index (χ1v) is 9.96. The molecule has 0 N–H and O–H groups in total. The van der Waals surface area contributed by atoms with Gasteiger partial charge in [0, 0.05) is 21.1 Å². The summed E-state index contributed by atoms with van der Waals surface area (Å²) in [7, 11) is 1.29. The predicted molar refractivity (Wildman–Crippen MR) is 121 cm³/mol. The third-order valence-corrected chi connectivity index (χ3v) is 5.62. The lowest BCUT2D eigenvalue weighted by molar-refractivity contribution is -0.136. The van der Waals surface area contributed by atoms with Crippen molar-refractivity contribution in [2.75, 3.05) is 12.0 Å². The lowest BCUT2D eigenvalue weighted by Gasteiger charge is -2.20. The quantitative estimate of drug-likeness (QED) is 0.371. The van der Waals surface area contributed by atoms with Crippen LogP contribution < -0.4 is 4.90 Å². The highest BCUT2D eigenvalue weighted by Gasteiger charge is 2.38. The Morgan fingerprint density at radius 3 is 2.50 bits per heavy atom. The number of methoxy groups -OCH3 is 1. The van der Waals surface area contributed by atoms with E-state index in [1.807, 2.05) is 42.5 Å². The van der Waals surface area contributed by atoms with Gasteiger partial charge in [-0.25, -0.2) is 4.79 Å². The predicted octanol–water partition coefficient (Wildman–Crippen LogP) is 6.02. The fraction of sp³-hybridized carbons (Fsp3) is 0.0833. The van der Waals surface area contributed by atoms with Crippen LogP contribution in [0.2, 0.25) is 10.0 Å². The summed E-state index contributed by atoms with van der Waals surface area (Å²) in [4.78, 5) is 27.7. The van der Waals surface area contributed by atoms with Crippen LogP contribution in [0.5, 0.6) is 0 Å². The first-order chi connectivity index (χ1) is 14.4. The summed E-state index contributed by atoms with van der Waals surface area (Å²) in [5, 5.41) is 2.77. The fourth-order valence-corrected chi connectivity index (χ4v) is 4.11. The average Bonchev–Trinajstić information content (AvgIpc) is 2.98. The van der Waals surface area contributed by atoms with Crippen LogP contribution in [0.3, 0.4) is 0 Å². The zero-order valence-corrected chi connectivity index (χ0v) is 17.8. The Morgan fingerprint density at radius 2 is 1.77 bits per heavy atom. The molecule has 1 aliphatic heterocycles. The largest absolute Gasteiger partial charge is 0.465 e. The second-order valence-corrected chi connectivity index (χ2v) is 7.66. The molecule has 3 aromatic carbocycles. The van der Waals surface area contributed by atoms with E-state index in [4.69, 9.17) is 27.9 Å². The minimum atomic E-state index is -0.583. The second kappa shape index (κ2) is 7.98. The summed E-state index contributed by atoms with van der Waals surface area (Å²) < 4.78 is 4.97. The number of fused-ring (bicyclic) bond motifs is 1. The molecule has 0 atom stereocenters. The van der Waals surface area contributed by atoms with Crippen molar-refractivity contribution in [2.45, 2.75) is 6.92 Å². The molecule has 0 radical (unpaired) electrons. The van der Waals surface area contributed by atoms with Crippen LogP contribution in [0.4, 0.5) is 5.69 Å². The fourth-order valence-electron chi connectivity index (χ4n) is 3.65. The lowest BCUT2D eigenvalue weighted by atomic mass is 10.0. The first kappa shape index (κ1) is 20.2. The Kier molecular flexibility index (Phi) is 5.37. The first-order valence-electron chi connectivity index (χ1n) is 9.21. The van der Waals surface area contributed by atoms with Gasteiger partial charge in [0.1, 0.15) is 0 Å². The molecule has 1 amide bonds. The molecule has 6 heteroatoms. The summed E-state index contributed by atoms with van der Waals surface area (Å²) in [6, 6.07) is 18.5. The lowest BCUT2D eigenvalue weighted by Crippen LogP contribution is -2.24. The van der Waals surface area contributed by atoms with Gasteiger partial charge in [0.25, 0.3) is 5.91 Å². The number of ether oxygens (including phenoxy) is 1. The van der Waals surface area contributed by atoms with Crippen LogP contribution in [0.25, 0.3) is 16.8 Å². The molecule has 0 spiro atoms. The normalized spacial score (nSPS) is 15.4. The Morgan fingerprint density at radius 1 is 1.03 bits per heavy atom. The highest BCUT2D eigenvalue weighted by molar-refractivity contribution is 6.36. The molecule has 4 nitrogen and oxygen atoms in total. The van der Waals surface area contributed by atoms with E-state index >= 15 is 0 Å². The van der Waals surface area contributed by atoms with Crippen molar-refractivity contribution in [3.8, 4) is 0 Å². The van der Waals surface area contributed by atoms with Crippen LogP contribution in [0.15, 0.2) is 77.5 Å². The van der Waals surface area contributed by atoms with Crippen molar-refractivity contribution in [3.05, 3.63) is 93.1 Å².